The van der Waals surface area contributed by atoms with E-state index in [0.29, 0.717) is 21.2 Å². The topological polar surface area (TPSA) is 72.7 Å². The minimum atomic E-state index is -0.545. The summed E-state index contributed by atoms with van der Waals surface area (Å²) < 4.78 is 20.0. The second-order valence-electron chi connectivity index (χ2n) is 6.27. The molecule has 0 atom stereocenters. The Bertz CT molecular complexity index is 1250. The van der Waals surface area contributed by atoms with Gasteiger partial charge in [-0.3, -0.25) is 4.79 Å². The highest BCUT2D eigenvalue weighted by Crippen LogP contribution is 2.37. The first-order valence-electron chi connectivity index (χ1n) is 8.96. The number of amides is 1. The van der Waals surface area contributed by atoms with Crippen LogP contribution in [0, 0.1) is 5.82 Å². The number of pyridine rings is 1. The van der Waals surface area contributed by atoms with Gasteiger partial charge in [0.1, 0.15) is 27.7 Å². The first-order valence-corrected chi connectivity index (χ1v) is 10.2. The maximum absolute atomic E-state index is 13.4. The predicted octanol–water partition coefficient (Wildman–Crippen LogP) is 5.28. The maximum Gasteiger partial charge on any atom is 0.341 e. The van der Waals surface area contributed by atoms with E-state index < -0.39 is 17.7 Å². The van der Waals surface area contributed by atoms with Gasteiger partial charge >= 0.3 is 5.97 Å². The van der Waals surface area contributed by atoms with Crippen molar-refractivity contribution in [2.24, 2.45) is 0 Å². The summed E-state index contributed by atoms with van der Waals surface area (Å²) in [6, 6.07) is 9.75. The number of rotatable bonds is 5. The first-order chi connectivity index (χ1) is 14.5. The van der Waals surface area contributed by atoms with Crippen LogP contribution in [0.2, 0.25) is 5.02 Å². The number of carbonyl (C=O) groups is 2. The summed E-state index contributed by atoms with van der Waals surface area (Å²) in [7, 11) is 0. The fourth-order valence-corrected chi connectivity index (χ4v) is 4.02. The molecular formula is C21H15ClFN3O3S. The van der Waals surface area contributed by atoms with Gasteiger partial charge in [-0.25, -0.2) is 14.2 Å². The van der Waals surface area contributed by atoms with E-state index in [1.54, 1.807) is 36.6 Å². The van der Waals surface area contributed by atoms with Crippen LogP contribution in [0.3, 0.4) is 0 Å². The molecule has 3 heterocycles. The first kappa shape index (κ1) is 20.1. The molecule has 152 valence electrons. The van der Waals surface area contributed by atoms with Crippen LogP contribution in [0.4, 0.5) is 9.39 Å². The van der Waals surface area contributed by atoms with Gasteiger partial charge in [0, 0.05) is 28.4 Å². The molecule has 1 N–H and O–H groups in total. The Morgan fingerprint density at radius 2 is 1.97 bits per heavy atom. The average Bonchev–Trinajstić information content (AvgIpc) is 3.32. The molecule has 0 aliphatic carbocycles. The standard InChI is InChI=1S/C21H15ClFN3O3S/c1-2-29-21(28)18-15(12-3-5-13(22)6-4-12)11-30-20(18)25-19(27)16-10-26-9-14(23)7-8-17(26)24-16/h3-11H,2H2,1H3,(H,25,27). The smallest absolute Gasteiger partial charge is 0.341 e. The zero-order valence-corrected chi connectivity index (χ0v) is 17.3. The van der Waals surface area contributed by atoms with Crippen molar-refractivity contribution in [1.29, 1.82) is 0 Å². The number of carbonyl (C=O) groups excluding carboxylic acids is 2. The summed E-state index contributed by atoms with van der Waals surface area (Å²) >= 11 is 7.16. The van der Waals surface area contributed by atoms with E-state index in [9.17, 15) is 14.0 Å². The van der Waals surface area contributed by atoms with E-state index in [1.165, 1.54) is 40.3 Å². The van der Waals surface area contributed by atoms with Crippen molar-refractivity contribution in [3.63, 3.8) is 0 Å². The van der Waals surface area contributed by atoms with E-state index in [2.05, 4.69) is 10.3 Å². The van der Waals surface area contributed by atoms with E-state index in [4.69, 9.17) is 16.3 Å². The van der Waals surface area contributed by atoms with Crippen LogP contribution in [0.25, 0.3) is 16.8 Å². The summed E-state index contributed by atoms with van der Waals surface area (Å²) in [4.78, 5) is 29.6. The summed E-state index contributed by atoms with van der Waals surface area (Å²) in [6.07, 6.45) is 2.65. The molecule has 0 saturated carbocycles. The van der Waals surface area contributed by atoms with Gasteiger partial charge < -0.3 is 14.5 Å². The van der Waals surface area contributed by atoms with E-state index >= 15 is 0 Å². The normalized spacial score (nSPS) is 10.9. The predicted molar refractivity (Wildman–Crippen MR) is 114 cm³/mol. The van der Waals surface area contributed by atoms with E-state index in [1.807, 2.05) is 0 Å². The Morgan fingerprint density at radius 1 is 1.20 bits per heavy atom. The van der Waals surface area contributed by atoms with Crippen LogP contribution < -0.4 is 5.32 Å². The van der Waals surface area contributed by atoms with Crippen molar-refractivity contribution < 1.29 is 18.7 Å². The van der Waals surface area contributed by atoms with Gasteiger partial charge in [-0.2, -0.15) is 0 Å². The largest absolute Gasteiger partial charge is 0.462 e. The highest BCUT2D eigenvalue weighted by molar-refractivity contribution is 7.15. The molecule has 30 heavy (non-hydrogen) atoms. The number of imidazole rings is 1. The molecular weight excluding hydrogens is 429 g/mol. The van der Waals surface area contributed by atoms with E-state index in [0.717, 1.165) is 5.56 Å². The van der Waals surface area contributed by atoms with Crippen molar-refractivity contribution >= 4 is 45.5 Å². The second-order valence-corrected chi connectivity index (χ2v) is 7.59. The number of ether oxygens (including phenoxy) is 1. The molecule has 4 aromatic rings. The lowest BCUT2D eigenvalue weighted by molar-refractivity contribution is 0.0529. The van der Waals surface area contributed by atoms with Gasteiger partial charge in [-0.15, -0.1) is 11.3 Å². The number of benzene rings is 1. The third-order valence-corrected chi connectivity index (χ3v) is 5.45. The molecule has 4 rings (SSSR count). The summed E-state index contributed by atoms with van der Waals surface area (Å²) in [5.74, 6) is -1.51. The molecule has 1 amide bonds. The van der Waals surface area contributed by atoms with Gasteiger partial charge in [0.2, 0.25) is 0 Å². The van der Waals surface area contributed by atoms with Gasteiger partial charge in [0.05, 0.1) is 6.61 Å². The molecule has 6 nitrogen and oxygen atoms in total. The van der Waals surface area contributed by atoms with E-state index in [-0.39, 0.29) is 17.9 Å². The van der Waals surface area contributed by atoms with Gasteiger partial charge in [-0.1, -0.05) is 23.7 Å². The number of fused-ring (bicyclic) bond motifs is 1. The minimum Gasteiger partial charge on any atom is -0.462 e. The third kappa shape index (κ3) is 3.92. The Labute approximate surface area is 179 Å². The number of hydrogen-bond acceptors (Lipinski definition) is 5. The number of anilines is 1. The Kier molecular flexibility index (Phi) is 5.52. The van der Waals surface area contributed by atoms with Gasteiger partial charge in [0.25, 0.3) is 5.91 Å². The molecule has 0 bridgehead atoms. The Hall–Kier alpha value is -3.23. The van der Waals surface area contributed by atoms with Crippen LogP contribution in [0.5, 0.6) is 0 Å². The number of nitrogens with zero attached hydrogens (tertiary/aromatic N) is 2. The van der Waals surface area contributed by atoms with Crippen molar-refractivity contribution in [2.75, 3.05) is 11.9 Å². The summed E-state index contributed by atoms with van der Waals surface area (Å²) in [6.45, 7) is 1.90. The fraction of sp³-hybridized carbons (Fsp3) is 0.0952. The highest BCUT2D eigenvalue weighted by Gasteiger charge is 2.24. The molecule has 1 aromatic carbocycles. The second kappa shape index (κ2) is 8.25. The molecule has 0 unspecified atom stereocenters. The Morgan fingerprint density at radius 3 is 2.70 bits per heavy atom. The minimum absolute atomic E-state index is 0.0943. The van der Waals surface area contributed by atoms with Gasteiger partial charge in [-0.05, 0) is 36.8 Å². The SMILES string of the molecule is CCOC(=O)c1c(-c2ccc(Cl)cc2)csc1NC(=O)c1cn2cc(F)ccc2n1. The summed E-state index contributed by atoms with van der Waals surface area (Å²) in [5, 5.41) is 5.41. The van der Waals surface area contributed by atoms with Crippen molar-refractivity contribution in [3.05, 3.63) is 76.3 Å². The maximum atomic E-state index is 13.4. The highest BCUT2D eigenvalue weighted by atomic mass is 35.5. The molecule has 0 radical (unpaired) electrons. The zero-order chi connectivity index (χ0) is 21.3. The van der Waals surface area contributed by atoms with Crippen molar-refractivity contribution in [2.45, 2.75) is 6.92 Å². The molecule has 0 aliphatic rings. The quantitative estimate of drug-likeness (QED) is 0.426. The number of halogens is 2. The lowest BCUT2D eigenvalue weighted by atomic mass is 10.0. The molecule has 0 fully saturated rings. The Balaban J connectivity index is 1.69. The van der Waals surface area contributed by atoms with Crippen LogP contribution in [-0.2, 0) is 4.74 Å². The van der Waals surface area contributed by atoms with Crippen LogP contribution in [-0.4, -0.2) is 27.9 Å². The number of thiophene rings is 1. The molecule has 9 heteroatoms. The number of hydrogen-bond donors (Lipinski definition) is 1. The summed E-state index contributed by atoms with van der Waals surface area (Å²) in [5.41, 5.74) is 2.18. The van der Waals surface area contributed by atoms with Crippen LogP contribution in [0.15, 0.2) is 54.2 Å². The van der Waals surface area contributed by atoms with Crippen molar-refractivity contribution in [3.8, 4) is 11.1 Å². The zero-order valence-electron chi connectivity index (χ0n) is 15.7. The van der Waals surface area contributed by atoms with Crippen LogP contribution in [0.1, 0.15) is 27.8 Å². The molecule has 0 saturated heterocycles. The number of aromatic nitrogens is 2. The number of nitrogens with one attached hydrogen (secondary N) is 1. The van der Waals surface area contributed by atoms with Crippen LogP contribution >= 0.6 is 22.9 Å². The van der Waals surface area contributed by atoms with Crippen molar-refractivity contribution in [1.82, 2.24) is 9.38 Å². The fourth-order valence-electron chi connectivity index (χ4n) is 2.94. The third-order valence-electron chi connectivity index (χ3n) is 4.30. The lowest BCUT2D eigenvalue weighted by Gasteiger charge is -2.08. The number of esters is 1. The molecule has 0 spiro atoms. The average molecular weight is 444 g/mol. The molecule has 3 aromatic heterocycles. The monoisotopic (exact) mass is 443 g/mol. The lowest BCUT2D eigenvalue weighted by Crippen LogP contribution is -2.15. The molecule has 0 aliphatic heterocycles. The van der Waals surface area contributed by atoms with Gasteiger partial charge in [0.15, 0.2) is 0 Å².